The largest absolute Gasteiger partial charge is 0.364 e. The average molecular weight is 494 g/mol. The second kappa shape index (κ2) is 10.6. The molecule has 2 aromatic rings. The van der Waals surface area contributed by atoms with Crippen molar-refractivity contribution in [3.8, 4) is 0 Å². The molecule has 0 aliphatic heterocycles. The first-order valence-electron chi connectivity index (χ1n) is 8.34. The monoisotopic (exact) mass is 493 g/mol. The van der Waals surface area contributed by atoms with Crippen LogP contribution in [0.4, 0.5) is 15.9 Å². The van der Waals surface area contributed by atoms with Crippen LogP contribution in [0.5, 0.6) is 0 Å². The molecule has 4 N–H and O–H groups in total. The van der Waals surface area contributed by atoms with Gasteiger partial charge in [0.1, 0.15) is 5.82 Å². The van der Waals surface area contributed by atoms with E-state index in [1.807, 2.05) is 24.5 Å². The average Bonchev–Trinajstić information content (AvgIpc) is 3.10. The van der Waals surface area contributed by atoms with Crippen molar-refractivity contribution in [3.05, 3.63) is 34.2 Å². The van der Waals surface area contributed by atoms with E-state index < -0.39 is 15.8 Å². The van der Waals surface area contributed by atoms with Crippen molar-refractivity contribution in [2.24, 2.45) is 4.99 Å². The Labute approximate surface area is 175 Å². The Morgan fingerprint density at radius 1 is 1.34 bits per heavy atom. The van der Waals surface area contributed by atoms with E-state index in [1.54, 1.807) is 0 Å². The third-order valence-electron chi connectivity index (χ3n) is 3.51. The zero-order valence-electron chi connectivity index (χ0n) is 15.7. The molecule has 0 bridgehead atoms. The number of nitrogens with zero attached hydrogens (tertiary/aromatic N) is 4. The Kier molecular flexibility index (Phi) is 8.45. The Hall–Kier alpha value is -2.13. The number of hydroxylamine groups is 1. The van der Waals surface area contributed by atoms with E-state index in [4.69, 9.17) is 0 Å². The Balaban J connectivity index is 2.03. The number of sulfonamides is 1. The summed E-state index contributed by atoms with van der Waals surface area (Å²) in [5.41, 5.74) is 2.21. The van der Waals surface area contributed by atoms with Gasteiger partial charge in [0.2, 0.25) is 15.8 Å². The fraction of sp³-hybridized carbons (Fsp3) is 0.400. The zero-order valence-corrected chi connectivity index (χ0v) is 18.1. The molecule has 29 heavy (non-hydrogen) atoms. The van der Waals surface area contributed by atoms with Gasteiger partial charge in [0.05, 0.1) is 15.9 Å². The van der Waals surface area contributed by atoms with Crippen LogP contribution < -0.4 is 15.5 Å². The number of likely N-dealkylation sites (N-methyl/N-ethyl adjacent to an activating group) is 1. The van der Waals surface area contributed by atoms with Gasteiger partial charge in [-0.25, -0.2) is 27.2 Å². The van der Waals surface area contributed by atoms with Crippen molar-refractivity contribution in [3.63, 3.8) is 0 Å². The Morgan fingerprint density at radius 3 is 2.76 bits per heavy atom. The minimum atomic E-state index is -3.48. The van der Waals surface area contributed by atoms with Crippen molar-refractivity contribution in [1.29, 1.82) is 0 Å². The molecular weight excluding hydrogens is 473 g/mol. The van der Waals surface area contributed by atoms with Gasteiger partial charge in [-0.15, -0.1) is 0 Å². The summed E-state index contributed by atoms with van der Waals surface area (Å²) >= 11 is 3.05. The van der Waals surface area contributed by atoms with Crippen molar-refractivity contribution < 1.29 is 22.6 Å². The smallest absolute Gasteiger partial charge is 0.213 e. The highest BCUT2D eigenvalue weighted by atomic mass is 79.9. The van der Waals surface area contributed by atoms with Crippen molar-refractivity contribution in [1.82, 2.24) is 25.4 Å². The topological polar surface area (TPSA) is 145 Å². The minimum absolute atomic E-state index is 0.0132. The number of aliphatic imine (C=N–C) groups is 1. The number of rotatable bonds is 10. The van der Waals surface area contributed by atoms with Crippen LogP contribution in [-0.2, 0) is 10.0 Å². The van der Waals surface area contributed by atoms with E-state index in [-0.39, 0.29) is 34.1 Å². The summed E-state index contributed by atoms with van der Waals surface area (Å²) in [6, 6.07) is 4.00. The summed E-state index contributed by atoms with van der Waals surface area (Å²) in [6.45, 7) is 0.884. The molecule has 1 heterocycles. The number of benzene rings is 1. The lowest BCUT2D eigenvalue weighted by atomic mass is 10.3. The van der Waals surface area contributed by atoms with Crippen LogP contribution in [0.3, 0.4) is 0 Å². The molecule has 160 valence electrons. The van der Waals surface area contributed by atoms with Crippen LogP contribution in [0.1, 0.15) is 5.69 Å². The van der Waals surface area contributed by atoms with Gasteiger partial charge in [0.15, 0.2) is 11.5 Å². The van der Waals surface area contributed by atoms with Gasteiger partial charge in [0.25, 0.3) is 0 Å². The molecule has 0 fully saturated rings. The summed E-state index contributed by atoms with van der Waals surface area (Å²) in [6.07, 6.45) is 0. The number of aromatic nitrogens is 2. The zero-order chi connectivity index (χ0) is 21.4. The van der Waals surface area contributed by atoms with Crippen LogP contribution in [-0.4, -0.2) is 74.2 Å². The van der Waals surface area contributed by atoms with Gasteiger partial charge in [-0.05, 0) is 58.5 Å². The standard InChI is InChI=1S/C15H21BrFN7O4S/c1-24(2)7-5-19-29(26,27)8-6-18-14-13(22-28-23-14)15(21-25)20-10-3-4-12(17)11(16)9-10/h3-4,9,19,25H,5-8H2,1-2H3,(H,18,23)(H,20,21). The first kappa shape index (κ1) is 23.2. The molecule has 0 saturated heterocycles. The normalized spacial score (nSPS) is 12.4. The van der Waals surface area contributed by atoms with Gasteiger partial charge < -0.3 is 10.2 Å². The number of amidine groups is 1. The van der Waals surface area contributed by atoms with Crippen molar-refractivity contribution >= 4 is 43.3 Å². The molecule has 0 amide bonds. The van der Waals surface area contributed by atoms with Gasteiger partial charge in [0, 0.05) is 19.6 Å². The first-order chi connectivity index (χ1) is 13.7. The van der Waals surface area contributed by atoms with E-state index >= 15 is 0 Å². The van der Waals surface area contributed by atoms with Gasteiger partial charge in [-0.2, -0.15) is 0 Å². The Morgan fingerprint density at radius 2 is 2.10 bits per heavy atom. The highest BCUT2D eigenvalue weighted by Gasteiger charge is 2.18. The summed E-state index contributed by atoms with van der Waals surface area (Å²) in [7, 11) is 0.202. The molecule has 1 aromatic heterocycles. The number of anilines is 1. The predicted octanol–water partition coefficient (Wildman–Crippen LogP) is 0.921. The van der Waals surface area contributed by atoms with Gasteiger partial charge in [-0.3, -0.25) is 10.7 Å². The number of hydrogen-bond donors (Lipinski definition) is 4. The molecule has 14 heteroatoms. The number of hydrogen-bond acceptors (Lipinski definition) is 9. The lowest BCUT2D eigenvalue weighted by Crippen LogP contribution is -2.34. The fourth-order valence-corrected chi connectivity index (χ4v) is 3.36. The maximum absolute atomic E-state index is 13.3. The second-order valence-corrected chi connectivity index (χ2v) is 8.86. The highest BCUT2D eigenvalue weighted by Crippen LogP contribution is 2.23. The van der Waals surface area contributed by atoms with E-state index in [9.17, 15) is 18.0 Å². The van der Waals surface area contributed by atoms with Crippen LogP contribution in [0.15, 0.2) is 32.3 Å². The second-order valence-electron chi connectivity index (χ2n) is 6.08. The maximum Gasteiger partial charge on any atom is 0.213 e. The minimum Gasteiger partial charge on any atom is -0.364 e. The lowest BCUT2D eigenvalue weighted by molar-refractivity contribution is 0.234. The van der Waals surface area contributed by atoms with E-state index in [1.165, 1.54) is 18.2 Å². The SMILES string of the molecule is CN(C)CCNS(=O)(=O)CCNc1nonc1C(=Nc1ccc(F)c(Br)c1)NO. The number of nitrogens with one attached hydrogen (secondary N) is 3. The van der Waals surface area contributed by atoms with E-state index in [2.05, 4.69) is 45.9 Å². The van der Waals surface area contributed by atoms with Crippen LogP contribution in [0.2, 0.25) is 0 Å². The molecular formula is C15H21BrFN7O4S. The molecule has 0 spiro atoms. The third kappa shape index (κ3) is 7.32. The maximum atomic E-state index is 13.3. The van der Waals surface area contributed by atoms with Crippen molar-refractivity contribution in [2.45, 2.75) is 0 Å². The third-order valence-corrected chi connectivity index (χ3v) is 5.50. The molecule has 0 saturated carbocycles. The molecule has 0 atom stereocenters. The Bertz CT molecular complexity index is 952. The van der Waals surface area contributed by atoms with Crippen LogP contribution in [0.25, 0.3) is 0 Å². The van der Waals surface area contributed by atoms with Gasteiger partial charge in [-0.1, -0.05) is 0 Å². The first-order valence-corrected chi connectivity index (χ1v) is 10.8. The van der Waals surface area contributed by atoms with E-state index in [0.29, 0.717) is 18.8 Å². The van der Waals surface area contributed by atoms with Gasteiger partial charge >= 0.3 is 0 Å². The molecule has 0 aliphatic carbocycles. The fourth-order valence-electron chi connectivity index (χ4n) is 2.08. The van der Waals surface area contributed by atoms with Crippen LogP contribution >= 0.6 is 15.9 Å². The summed E-state index contributed by atoms with van der Waals surface area (Å²) in [5, 5.41) is 19.5. The molecule has 0 radical (unpaired) electrons. The highest BCUT2D eigenvalue weighted by molar-refractivity contribution is 9.10. The molecule has 0 aliphatic rings. The summed E-state index contributed by atoms with van der Waals surface area (Å²) in [4.78, 5) is 5.97. The summed E-state index contributed by atoms with van der Waals surface area (Å²) < 4.78 is 44.6. The molecule has 0 unspecified atom stereocenters. The molecule has 11 nitrogen and oxygen atoms in total. The van der Waals surface area contributed by atoms with E-state index in [0.717, 1.165) is 0 Å². The predicted molar refractivity (Wildman–Crippen MR) is 108 cm³/mol. The quantitative estimate of drug-likeness (QED) is 0.215. The number of halogens is 2. The lowest BCUT2D eigenvalue weighted by Gasteiger charge is -2.11. The summed E-state index contributed by atoms with van der Waals surface area (Å²) in [5.74, 6) is -0.723. The molecule has 1 aromatic carbocycles. The molecule has 2 rings (SSSR count). The van der Waals surface area contributed by atoms with Crippen LogP contribution in [0, 0.1) is 5.82 Å². The van der Waals surface area contributed by atoms with Crippen molar-refractivity contribution in [2.75, 3.05) is 44.8 Å².